The minimum absolute atomic E-state index is 0. The van der Waals surface area contributed by atoms with Gasteiger partial charge in [-0.25, -0.2) is 0 Å². The Morgan fingerprint density at radius 2 is 1.83 bits per heavy atom. The van der Waals surface area contributed by atoms with E-state index in [-0.39, 0.29) is 30.9 Å². The normalized spacial score (nSPS) is 16.3. The van der Waals surface area contributed by atoms with Crippen molar-refractivity contribution >= 4 is 24.8 Å². The van der Waals surface area contributed by atoms with Crippen molar-refractivity contribution in [3.05, 3.63) is 23.8 Å². The Bertz CT molecular complexity index is 452. The second-order valence-electron chi connectivity index (χ2n) is 6.17. The second-order valence-corrected chi connectivity index (χ2v) is 6.17. The number of piperazine rings is 1. The maximum atomic E-state index is 10.4. The van der Waals surface area contributed by atoms with Crippen molar-refractivity contribution < 1.29 is 9.84 Å². The monoisotopic (exact) mass is 364 g/mol. The highest BCUT2D eigenvalue weighted by atomic mass is 35.5. The van der Waals surface area contributed by atoms with Gasteiger partial charge in [-0.3, -0.25) is 4.90 Å². The molecule has 1 heterocycles. The van der Waals surface area contributed by atoms with Gasteiger partial charge in [-0.05, 0) is 30.9 Å². The number of phenolic OH excluding ortho intramolecular Hbond substituents is 1. The van der Waals surface area contributed by atoms with E-state index in [2.05, 4.69) is 24.1 Å². The summed E-state index contributed by atoms with van der Waals surface area (Å²) in [4.78, 5) is 2.47. The average molecular weight is 365 g/mol. The van der Waals surface area contributed by atoms with Crippen LogP contribution in [0.5, 0.6) is 11.5 Å². The van der Waals surface area contributed by atoms with E-state index in [1.165, 1.54) is 0 Å². The quantitative estimate of drug-likeness (QED) is 0.808. The van der Waals surface area contributed by atoms with E-state index in [0.717, 1.165) is 50.3 Å². The summed E-state index contributed by atoms with van der Waals surface area (Å²) in [6.07, 6.45) is 2.19. The smallest absolute Gasteiger partial charge is 0.127 e. The first-order valence-electron chi connectivity index (χ1n) is 7.94. The zero-order valence-electron chi connectivity index (χ0n) is 14.2. The van der Waals surface area contributed by atoms with Crippen LogP contribution in [0.2, 0.25) is 0 Å². The molecule has 2 rings (SSSR count). The molecule has 4 nitrogen and oxygen atoms in total. The Balaban J connectivity index is 0.00000242. The van der Waals surface area contributed by atoms with E-state index in [1.54, 1.807) is 13.2 Å². The fourth-order valence-electron chi connectivity index (χ4n) is 3.04. The summed E-state index contributed by atoms with van der Waals surface area (Å²) in [6.45, 7) is 8.54. The zero-order chi connectivity index (χ0) is 15.2. The van der Waals surface area contributed by atoms with E-state index >= 15 is 0 Å². The van der Waals surface area contributed by atoms with Gasteiger partial charge in [0.25, 0.3) is 0 Å². The molecule has 1 atom stereocenters. The summed E-state index contributed by atoms with van der Waals surface area (Å²) in [5.74, 6) is 1.80. The number of methoxy groups -OCH3 is 1. The van der Waals surface area contributed by atoms with Crippen LogP contribution in [-0.2, 0) is 0 Å². The van der Waals surface area contributed by atoms with Gasteiger partial charge in [-0.1, -0.05) is 19.9 Å². The van der Waals surface area contributed by atoms with E-state index in [9.17, 15) is 5.11 Å². The van der Waals surface area contributed by atoms with E-state index in [1.807, 2.05) is 12.1 Å². The molecule has 1 aromatic rings. The van der Waals surface area contributed by atoms with Crippen molar-refractivity contribution in [1.82, 2.24) is 10.2 Å². The van der Waals surface area contributed by atoms with E-state index < -0.39 is 0 Å². The molecule has 23 heavy (non-hydrogen) atoms. The molecule has 1 aromatic carbocycles. The molecule has 0 unspecified atom stereocenters. The Kier molecular flexibility index (Phi) is 10.7. The van der Waals surface area contributed by atoms with Crippen molar-refractivity contribution in [2.45, 2.75) is 32.7 Å². The number of nitrogens with zero attached hydrogens (tertiary/aromatic N) is 1. The van der Waals surface area contributed by atoms with Gasteiger partial charge in [0.05, 0.1) is 12.7 Å². The predicted molar refractivity (Wildman–Crippen MR) is 100 cm³/mol. The van der Waals surface area contributed by atoms with Gasteiger partial charge in [0.15, 0.2) is 0 Å². The van der Waals surface area contributed by atoms with E-state index in [0.29, 0.717) is 11.7 Å². The number of rotatable bonds is 6. The van der Waals surface area contributed by atoms with Crippen LogP contribution in [0.3, 0.4) is 0 Å². The maximum Gasteiger partial charge on any atom is 0.127 e. The molecule has 6 heteroatoms. The second kappa shape index (κ2) is 11.0. The van der Waals surface area contributed by atoms with Gasteiger partial charge >= 0.3 is 0 Å². The number of benzene rings is 1. The lowest BCUT2D eigenvalue weighted by molar-refractivity contribution is 0.154. The number of phenols is 1. The number of halogens is 2. The SMILES string of the molecule is COc1cccc(O)c1[C@H](CCC(C)C)N1CCNCC1.Cl.Cl. The molecular weight excluding hydrogens is 335 g/mol. The molecule has 1 fully saturated rings. The summed E-state index contributed by atoms with van der Waals surface area (Å²) in [7, 11) is 1.68. The molecular formula is C17H30Cl2N2O2. The average Bonchev–Trinajstić information content (AvgIpc) is 2.49. The highest BCUT2D eigenvalue weighted by molar-refractivity contribution is 5.85. The lowest BCUT2D eigenvalue weighted by Gasteiger charge is -2.36. The van der Waals surface area contributed by atoms with Crippen LogP contribution in [-0.4, -0.2) is 43.3 Å². The fourth-order valence-corrected chi connectivity index (χ4v) is 3.04. The minimum atomic E-state index is 0. The Morgan fingerprint density at radius 3 is 2.39 bits per heavy atom. The largest absolute Gasteiger partial charge is 0.507 e. The highest BCUT2D eigenvalue weighted by Gasteiger charge is 2.27. The van der Waals surface area contributed by atoms with Crippen molar-refractivity contribution in [2.75, 3.05) is 33.3 Å². The van der Waals surface area contributed by atoms with Crippen LogP contribution in [0.25, 0.3) is 0 Å². The number of aromatic hydroxyl groups is 1. The summed E-state index contributed by atoms with van der Waals surface area (Å²) in [5.41, 5.74) is 0.947. The third-order valence-electron chi connectivity index (χ3n) is 4.21. The first-order chi connectivity index (χ1) is 10.1. The van der Waals surface area contributed by atoms with Crippen molar-refractivity contribution in [3.8, 4) is 11.5 Å². The predicted octanol–water partition coefficient (Wildman–Crippen LogP) is 3.63. The van der Waals surface area contributed by atoms with Gasteiger partial charge in [-0.2, -0.15) is 0 Å². The topological polar surface area (TPSA) is 44.7 Å². The highest BCUT2D eigenvalue weighted by Crippen LogP contribution is 2.39. The van der Waals surface area contributed by atoms with Crippen LogP contribution in [0.15, 0.2) is 18.2 Å². The molecule has 0 radical (unpaired) electrons. The Labute approximate surface area is 152 Å². The van der Waals surface area contributed by atoms with Gasteiger partial charge in [0, 0.05) is 32.2 Å². The summed E-state index contributed by atoms with van der Waals surface area (Å²) < 4.78 is 5.50. The third kappa shape index (κ3) is 6.03. The molecule has 2 N–H and O–H groups in total. The molecule has 0 aliphatic carbocycles. The number of hydrogen-bond donors (Lipinski definition) is 2. The summed E-state index contributed by atoms with van der Waals surface area (Å²) in [5, 5.41) is 13.8. The minimum Gasteiger partial charge on any atom is -0.507 e. The van der Waals surface area contributed by atoms with Crippen LogP contribution in [0, 0.1) is 5.92 Å². The molecule has 0 amide bonds. The standard InChI is InChI=1S/C17H28N2O2.2ClH/c1-13(2)7-8-14(19-11-9-18-10-12-19)17-15(20)5-4-6-16(17)21-3;;/h4-6,13-14,18,20H,7-12H2,1-3H3;2*1H/t14-;;/m0../s1. The maximum absolute atomic E-state index is 10.4. The van der Waals surface area contributed by atoms with Crippen molar-refractivity contribution in [3.63, 3.8) is 0 Å². The number of nitrogens with one attached hydrogen (secondary N) is 1. The molecule has 134 valence electrons. The van der Waals surface area contributed by atoms with Crippen LogP contribution < -0.4 is 10.1 Å². The third-order valence-corrected chi connectivity index (χ3v) is 4.21. The van der Waals surface area contributed by atoms with Crippen molar-refractivity contribution in [1.29, 1.82) is 0 Å². The van der Waals surface area contributed by atoms with Crippen LogP contribution in [0.1, 0.15) is 38.3 Å². The summed E-state index contributed by atoms with van der Waals surface area (Å²) in [6, 6.07) is 5.78. The van der Waals surface area contributed by atoms with Gasteiger partial charge in [0.2, 0.25) is 0 Å². The molecule has 1 saturated heterocycles. The molecule has 0 saturated carbocycles. The fraction of sp³-hybridized carbons (Fsp3) is 0.647. The first kappa shape index (κ1) is 22.3. The van der Waals surface area contributed by atoms with Gasteiger partial charge < -0.3 is 15.2 Å². The summed E-state index contributed by atoms with van der Waals surface area (Å²) >= 11 is 0. The van der Waals surface area contributed by atoms with Crippen LogP contribution >= 0.6 is 24.8 Å². The molecule has 0 spiro atoms. The Morgan fingerprint density at radius 1 is 1.17 bits per heavy atom. The zero-order valence-corrected chi connectivity index (χ0v) is 15.9. The number of hydrogen-bond acceptors (Lipinski definition) is 4. The molecule has 0 bridgehead atoms. The Hall–Kier alpha value is -0.680. The molecule has 0 aromatic heterocycles. The molecule has 1 aliphatic heterocycles. The van der Waals surface area contributed by atoms with Crippen molar-refractivity contribution in [2.24, 2.45) is 5.92 Å². The van der Waals surface area contributed by atoms with Gasteiger partial charge in [-0.15, -0.1) is 24.8 Å². The van der Waals surface area contributed by atoms with Crippen LogP contribution in [0.4, 0.5) is 0 Å². The number of ether oxygens (including phenoxy) is 1. The van der Waals surface area contributed by atoms with Gasteiger partial charge in [0.1, 0.15) is 11.5 Å². The molecule has 1 aliphatic rings. The van der Waals surface area contributed by atoms with E-state index in [4.69, 9.17) is 4.74 Å². The first-order valence-corrected chi connectivity index (χ1v) is 7.94. The lowest BCUT2D eigenvalue weighted by Crippen LogP contribution is -2.45. The lowest BCUT2D eigenvalue weighted by atomic mass is 9.94.